The smallest absolute Gasteiger partial charge is 0.00489 e. The van der Waals surface area contributed by atoms with Crippen molar-refractivity contribution < 1.29 is 0 Å². The monoisotopic (exact) mass is 286 g/mol. The Morgan fingerprint density at radius 2 is 0.700 bits per heavy atom. The molecule has 0 fully saturated rings. The molecule has 20 heavy (non-hydrogen) atoms. The molecular formula is C18H42N2. The largest absolute Gasteiger partial charge is 0.317 e. The van der Waals surface area contributed by atoms with Gasteiger partial charge in [-0.25, -0.2) is 0 Å². The van der Waals surface area contributed by atoms with Crippen molar-refractivity contribution in [1.82, 2.24) is 10.6 Å². The van der Waals surface area contributed by atoms with Crippen LogP contribution < -0.4 is 10.6 Å². The Labute approximate surface area is 129 Å². The van der Waals surface area contributed by atoms with Crippen LogP contribution in [0, 0.1) is 0 Å². The van der Waals surface area contributed by atoms with Crippen LogP contribution in [-0.2, 0) is 0 Å². The summed E-state index contributed by atoms with van der Waals surface area (Å²) in [5.74, 6) is 0. The van der Waals surface area contributed by atoms with Crippen LogP contribution in [0.5, 0.6) is 0 Å². The van der Waals surface area contributed by atoms with E-state index in [1.54, 1.807) is 0 Å². The molecule has 2 nitrogen and oxygen atoms in total. The number of hydrogen-bond acceptors (Lipinski definition) is 2. The molecule has 2 N–H and O–H groups in total. The SMILES string of the molecule is CCCCCNCCCCC.CCCCNCCCC. The quantitative estimate of drug-likeness (QED) is 0.432. The Bertz CT molecular complexity index is 123. The standard InChI is InChI=1S/C10H23N.C8H19N/c1-3-5-7-9-11-10-8-6-4-2;1-3-5-7-9-8-6-4-2/h11H,3-10H2,1-2H3;9H,3-8H2,1-2H3. The maximum atomic E-state index is 3.46. The van der Waals surface area contributed by atoms with Gasteiger partial charge in [0.15, 0.2) is 0 Å². The number of hydrogen-bond donors (Lipinski definition) is 2. The van der Waals surface area contributed by atoms with Crippen LogP contribution in [0.1, 0.15) is 91.9 Å². The minimum atomic E-state index is 1.20. The fourth-order valence-corrected chi connectivity index (χ4v) is 1.85. The molecule has 0 aromatic carbocycles. The van der Waals surface area contributed by atoms with E-state index in [4.69, 9.17) is 0 Å². The van der Waals surface area contributed by atoms with Crippen LogP contribution in [0.2, 0.25) is 0 Å². The van der Waals surface area contributed by atoms with Crippen molar-refractivity contribution in [1.29, 1.82) is 0 Å². The predicted molar refractivity (Wildman–Crippen MR) is 94.6 cm³/mol. The van der Waals surface area contributed by atoms with Crippen molar-refractivity contribution in [3.63, 3.8) is 0 Å². The molecule has 124 valence electrons. The average molecular weight is 287 g/mol. The van der Waals surface area contributed by atoms with Gasteiger partial charge in [0.2, 0.25) is 0 Å². The summed E-state index contributed by atoms with van der Waals surface area (Å²) in [5, 5.41) is 6.84. The highest BCUT2D eigenvalue weighted by Gasteiger charge is 1.87. The van der Waals surface area contributed by atoms with Crippen molar-refractivity contribution in [3.8, 4) is 0 Å². The molecule has 0 aromatic heterocycles. The van der Waals surface area contributed by atoms with Gasteiger partial charge >= 0.3 is 0 Å². The molecule has 0 aliphatic rings. The predicted octanol–water partition coefficient (Wildman–Crippen LogP) is 5.13. The summed E-state index contributed by atoms with van der Waals surface area (Å²) in [6, 6.07) is 0. The fraction of sp³-hybridized carbons (Fsp3) is 1.00. The maximum Gasteiger partial charge on any atom is -0.00489 e. The lowest BCUT2D eigenvalue weighted by molar-refractivity contribution is 0.583. The molecule has 0 radical (unpaired) electrons. The Morgan fingerprint density at radius 3 is 1.00 bits per heavy atom. The summed E-state index contributed by atoms with van der Waals surface area (Å²) in [4.78, 5) is 0. The van der Waals surface area contributed by atoms with Crippen LogP contribution in [0.3, 0.4) is 0 Å². The number of unbranched alkanes of at least 4 members (excludes halogenated alkanes) is 6. The summed E-state index contributed by atoms with van der Waals surface area (Å²) in [6.45, 7) is 13.8. The van der Waals surface area contributed by atoms with E-state index in [-0.39, 0.29) is 0 Å². The van der Waals surface area contributed by atoms with E-state index < -0.39 is 0 Å². The lowest BCUT2D eigenvalue weighted by Gasteiger charge is -2.02. The van der Waals surface area contributed by atoms with E-state index in [0.29, 0.717) is 0 Å². The van der Waals surface area contributed by atoms with Gasteiger partial charge in [-0.2, -0.15) is 0 Å². The highest BCUT2D eigenvalue weighted by atomic mass is 14.8. The van der Waals surface area contributed by atoms with Gasteiger partial charge in [0.25, 0.3) is 0 Å². The fourth-order valence-electron chi connectivity index (χ4n) is 1.85. The van der Waals surface area contributed by atoms with Crippen molar-refractivity contribution in [2.75, 3.05) is 26.2 Å². The van der Waals surface area contributed by atoms with Crippen molar-refractivity contribution in [2.45, 2.75) is 91.9 Å². The van der Waals surface area contributed by atoms with E-state index in [1.165, 1.54) is 90.4 Å². The summed E-state index contributed by atoms with van der Waals surface area (Å²) in [7, 11) is 0. The lowest BCUT2D eigenvalue weighted by Crippen LogP contribution is -2.16. The first kappa shape index (κ1) is 22.2. The van der Waals surface area contributed by atoms with E-state index in [0.717, 1.165) is 0 Å². The molecule has 0 heterocycles. The van der Waals surface area contributed by atoms with Gasteiger partial charge in [0.05, 0.1) is 0 Å². The van der Waals surface area contributed by atoms with Crippen LogP contribution in [-0.4, -0.2) is 26.2 Å². The second-order valence-electron chi connectivity index (χ2n) is 5.62. The van der Waals surface area contributed by atoms with Crippen molar-refractivity contribution >= 4 is 0 Å². The zero-order chi connectivity index (χ0) is 15.3. The molecule has 0 atom stereocenters. The van der Waals surface area contributed by atoms with Crippen molar-refractivity contribution in [3.05, 3.63) is 0 Å². The molecular weight excluding hydrogens is 244 g/mol. The molecule has 0 saturated carbocycles. The molecule has 0 bridgehead atoms. The van der Waals surface area contributed by atoms with E-state index in [1.807, 2.05) is 0 Å². The Morgan fingerprint density at radius 1 is 0.400 bits per heavy atom. The van der Waals surface area contributed by atoms with Gasteiger partial charge in [-0.1, -0.05) is 66.2 Å². The summed E-state index contributed by atoms with van der Waals surface area (Å²) < 4.78 is 0. The lowest BCUT2D eigenvalue weighted by atomic mass is 10.2. The minimum absolute atomic E-state index is 1.20. The first-order valence-corrected chi connectivity index (χ1v) is 9.24. The zero-order valence-corrected chi connectivity index (χ0v) is 14.9. The van der Waals surface area contributed by atoms with Crippen LogP contribution in [0.25, 0.3) is 0 Å². The Kier molecular flexibility index (Phi) is 26.6. The second-order valence-corrected chi connectivity index (χ2v) is 5.62. The highest BCUT2D eigenvalue weighted by molar-refractivity contribution is 4.48. The van der Waals surface area contributed by atoms with Gasteiger partial charge in [-0.15, -0.1) is 0 Å². The van der Waals surface area contributed by atoms with Crippen LogP contribution in [0.15, 0.2) is 0 Å². The minimum Gasteiger partial charge on any atom is -0.317 e. The Hall–Kier alpha value is -0.0800. The molecule has 0 aliphatic heterocycles. The molecule has 2 heteroatoms. The molecule has 0 amide bonds. The third-order valence-corrected chi connectivity index (χ3v) is 3.33. The van der Waals surface area contributed by atoms with Crippen LogP contribution in [0.4, 0.5) is 0 Å². The van der Waals surface area contributed by atoms with Crippen molar-refractivity contribution in [2.24, 2.45) is 0 Å². The summed E-state index contributed by atoms with van der Waals surface area (Å²) in [6.07, 6.45) is 13.4. The first-order chi connectivity index (χ1) is 9.83. The Balaban J connectivity index is 0. The van der Waals surface area contributed by atoms with Crippen LogP contribution >= 0.6 is 0 Å². The topological polar surface area (TPSA) is 24.1 Å². The molecule has 0 saturated heterocycles. The van der Waals surface area contributed by atoms with E-state index in [2.05, 4.69) is 38.3 Å². The van der Waals surface area contributed by atoms with E-state index >= 15 is 0 Å². The summed E-state index contributed by atoms with van der Waals surface area (Å²) in [5.41, 5.74) is 0. The normalized spacial score (nSPS) is 10.2. The third kappa shape index (κ3) is 26.5. The maximum absolute atomic E-state index is 3.46. The number of rotatable bonds is 14. The van der Waals surface area contributed by atoms with Gasteiger partial charge in [-0.05, 0) is 51.9 Å². The molecule has 0 aromatic rings. The molecule has 0 aliphatic carbocycles. The van der Waals surface area contributed by atoms with Gasteiger partial charge in [0.1, 0.15) is 0 Å². The molecule has 0 rings (SSSR count). The zero-order valence-electron chi connectivity index (χ0n) is 14.9. The molecule has 0 unspecified atom stereocenters. The molecule has 0 spiro atoms. The van der Waals surface area contributed by atoms with E-state index in [9.17, 15) is 0 Å². The number of nitrogens with one attached hydrogen (secondary N) is 2. The third-order valence-electron chi connectivity index (χ3n) is 3.33. The van der Waals surface area contributed by atoms with Gasteiger partial charge in [0, 0.05) is 0 Å². The average Bonchev–Trinajstić information content (AvgIpc) is 2.47. The highest BCUT2D eigenvalue weighted by Crippen LogP contribution is 1.93. The summed E-state index contributed by atoms with van der Waals surface area (Å²) >= 11 is 0. The second kappa shape index (κ2) is 24.0. The van der Waals surface area contributed by atoms with Gasteiger partial charge < -0.3 is 10.6 Å². The van der Waals surface area contributed by atoms with Gasteiger partial charge in [-0.3, -0.25) is 0 Å². The first-order valence-electron chi connectivity index (χ1n) is 9.24.